The van der Waals surface area contributed by atoms with Gasteiger partial charge >= 0.3 is 5.97 Å². The number of nitrogens with zero attached hydrogens (tertiary/aromatic N) is 1. The molecule has 0 spiro atoms. The van der Waals surface area contributed by atoms with Crippen LogP contribution in [0.15, 0.2) is 42.5 Å². The lowest BCUT2D eigenvalue weighted by molar-refractivity contribution is -0.140. The maximum atomic E-state index is 12.2. The van der Waals surface area contributed by atoms with Gasteiger partial charge in [-0.1, -0.05) is 61.7 Å². The van der Waals surface area contributed by atoms with E-state index >= 15 is 0 Å². The van der Waals surface area contributed by atoms with Crippen molar-refractivity contribution in [1.29, 1.82) is 0 Å². The van der Waals surface area contributed by atoms with Gasteiger partial charge in [-0.2, -0.15) is 0 Å². The second-order valence-corrected chi connectivity index (χ2v) is 8.12. The maximum absolute atomic E-state index is 12.2. The first kappa shape index (κ1) is 24.1. The van der Waals surface area contributed by atoms with E-state index in [-0.39, 0.29) is 17.9 Å². The highest BCUT2D eigenvalue weighted by Crippen LogP contribution is 2.21. The van der Waals surface area contributed by atoms with E-state index in [4.69, 9.17) is 0 Å². The van der Waals surface area contributed by atoms with Crippen molar-refractivity contribution in [3.8, 4) is 0 Å². The van der Waals surface area contributed by atoms with Crippen LogP contribution in [-0.2, 0) is 20.7 Å². The van der Waals surface area contributed by atoms with E-state index in [2.05, 4.69) is 29.0 Å². The Bertz CT molecular complexity index is 658. The van der Waals surface area contributed by atoms with Crippen LogP contribution < -0.4 is 0 Å². The van der Waals surface area contributed by atoms with Gasteiger partial charge in [0, 0.05) is 19.4 Å². The van der Waals surface area contributed by atoms with Gasteiger partial charge in [0.2, 0.25) is 5.91 Å². The largest absolute Gasteiger partial charge is 0.469 e. The van der Waals surface area contributed by atoms with Crippen molar-refractivity contribution < 1.29 is 19.4 Å². The van der Waals surface area contributed by atoms with Crippen molar-refractivity contribution in [3.05, 3.63) is 48.0 Å². The molecule has 0 radical (unpaired) electrons. The fourth-order valence-corrected chi connectivity index (χ4v) is 3.93. The van der Waals surface area contributed by atoms with Gasteiger partial charge in [0.05, 0.1) is 19.3 Å². The van der Waals surface area contributed by atoms with E-state index in [1.807, 2.05) is 23.1 Å². The molecule has 1 amide bonds. The fourth-order valence-electron chi connectivity index (χ4n) is 3.93. The number of methoxy groups -OCH3 is 1. The van der Waals surface area contributed by atoms with Crippen molar-refractivity contribution in [2.24, 2.45) is 0 Å². The molecule has 0 aromatic heterocycles. The number of esters is 1. The number of hydrogen-bond acceptors (Lipinski definition) is 4. The van der Waals surface area contributed by atoms with Crippen molar-refractivity contribution in [1.82, 2.24) is 4.90 Å². The molecule has 2 rings (SSSR count). The molecule has 0 aliphatic carbocycles. The topological polar surface area (TPSA) is 66.8 Å². The standard InChI is InChI=1S/C25H37NO4/c1-30-25(29)15-7-2-3-10-20-26-22(17-19-24(26)28)16-18-23(27)14-9-8-13-21-11-5-4-6-12-21/h4-6,11-12,16,18,22-23,27H,2-3,7-10,13-15,17,19-20H2,1H3/b18-16+/t22-,23-/m0/s1. The van der Waals surface area contributed by atoms with Crippen molar-refractivity contribution in [3.63, 3.8) is 0 Å². The van der Waals surface area contributed by atoms with Crippen LogP contribution in [0.4, 0.5) is 0 Å². The molecule has 1 aliphatic rings. The Hall–Kier alpha value is -2.14. The monoisotopic (exact) mass is 415 g/mol. The van der Waals surface area contributed by atoms with Crippen LogP contribution in [0.3, 0.4) is 0 Å². The van der Waals surface area contributed by atoms with E-state index in [1.54, 1.807) is 0 Å². The molecule has 0 bridgehead atoms. The van der Waals surface area contributed by atoms with Gasteiger partial charge in [0.15, 0.2) is 0 Å². The molecular formula is C25H37NO4. The summed E-state index contributed by atoms with van der Waals surface area (Å²) in [5.74, 6) is 0.0464. The van der Waals surface area contributed by atoms with Crippen LogP contribution in [0.25, 0.3) is 0 Å². The first-order chi connectivity index (χ1) is 14.6. The molecule has 30 heavy (non-hydrogen) atoms. The number of benzene rings is 1. The molecule has 1 aromatic carbocycles. The Morgan fingerprint density at radius 1 is 1.17 bits per heavy atom. The highest BCUT2D eigenvalue weighted by molar-refractivity contribution is 5.79. The molecule has 5 heteroatoms. The molecule has 1 N–H and O–H groups in total. The van der Waals surface area contributed by atoms with E-state index in [0.29, 0.717) is 12.8 Å². The van der Waals surface area contributed by atoms with E-state index < -0.39 is 6.10 Å². The Balaban J connectivity index is 1.62. The lowest BCUT2D eigenvalue weighted by Gasteiger charge is -2.22. The van der Waals surface area contributed by atoms with Gasteiger partial charge in [0.1, 0.15) is 0 Å². The lowest BCUT2D eigenvalue weighted by atomic mass is 10.0. The third kappa shape index (κ3) is 9.12. The number of likely N-dealkylation sites (tertiary alicyclic amines) is 1. The van der Waals surface area contributed by atoms with Crippen molar-refractivity contribution in [2.75, 3.05) is 13.7 Å². The minimum atomic E-state index is -0.448. The Labute approximate surface area is 181 Å². The quantitative estimate of drug-likeness (QED) is 0.277. The summed E-state index contributed by atoms with van der Waals surface area (Å²) in [6.45, 7) is 0.749. The van der Waals surface area contributed by atoms with Crippen LogP contribution in [0, 0.1) is 0 Å². The predicted octanol–water partition coefficient (Wildman–Crippen LogP) is 4.43. The summed E-state index contributed by atoms with van der Waals surface area (Å²) in [5, 5.41) is 10.3. The number of aliphatic hydroxyl groups excluding tert-OH is 1. The number of amides is 1. The number of aryl methyl sites for hydroxylation is 1. The van der Waals surface area contributed by atoms with E-state index in [1.165, 1.54) is 12.7 Å². The highest BCUT2D eigenvalue weighted by Gasteiger charge is 2.28. The molecule has 166 valence electrons. The summed E-state index contributed by atoms with van der Waals surface area (Å²) in [6.07, 6.45) is 12.9. The van der Waals surface area contributed by atoms with Crippen LogP contribution in [0.2, 0.25) is 0 Å². The minimum absolute atomic E-state index is 0.103. The molecular weight excluding hydrogens is 378 g/mol. The Morgan fingerprint density at radius 3 is 2.70 bits per heavy atom. The van der Waals surface area contributed by atoms with Crippen LogP contribution in [0.5, 0.6) is 0 Å². The summed E-state index contributed by atoms with van der Waals surface area (Å²) < 4.78 is 4.64. The van der Waals surface area contributed by atoms with Crippen LogP contribution >= 0.6 is 0 Å². The lowest BCUT2D eigenvalue weighted by Crippen LogP contribution is -2.32. The second kappa shape index (κ2) is 14.0. The van der Waals surface area contributed by atoms with Gasteiger partial charge < -0.3 is 14.7 Å². The van der Waals surface area contributed by atoms with E-state index in [0.717, 1.165) is 64.3 Å². The van der Waals surface area contributed by atoms with E-state index in [9.17, 15) is 14.7 Å². The van der Waals surface area contributed by atoms with Crippen LogP contribution in [-0.4, -0.2) is 47.7 Å². The van der Waals surface area contributed by atoms with Crippen molar-refractivity contribution >= 4 is 11.9 Å². The molecule has 1 aromatic rings. The summed E-state index contributed by atoms with van der Waals surface area (Å²) >= 11 is 0. The number of hydrogen-bond donors (Lipinski definition) is 1. The molecule has 0 saturated carbocycles. The number of carbonyl (C=O) groups is 2. The Morgan fingerprint density at radius 2 is 1.93 bits per heavy atom. The molecule has 1 saturated heterocycles. The first-order valence-corrected chi connectivity index (χ1v) is 11.4. The molecule has 1 heterocycles. The zero-order chi connectivity index (χ0) is 21.6. The normalized spacial score (nSPS) is 17.6. The van der Waals surface area contributed by atoms with Crippen LogP contribution in [0.1, 0.15) is 69.8 Å². The second-order valence-electron chi connectivity index (χ2n) is 8.12. The first-order valence-electron chi connectivity index (χ1n) is 11.4. The maximum Gasteiger partial charge on any atom is 0.305 e. The molecule has 1 aliphatic heterocycles. The molecule has 0 unspecified atom stereocenters. The summed E-state index contributed by atoms with van der Waals surface area (Å²) in [7, 11) is 1.41. The van der Waals surface area contributed by atoms with Gasteiger partial charge in [-0.05, 0) is 44.1 Å². The Kier molecular flexibility index (Phi) is 11.2. The fraction of sp³-hybridized carbons (Fsp3) is 0.600. The van der Waals surface area contributed by atoms with Gasteiger partial charge in [-0.3, -0.25) is 9.59 Å². The number of carbonyl (C=O) groups excluding carboxylic acids is 2. The smallest absolute Gasteiger partial charge is 0.305 e. The number of ether oxygens (including phenoxy) is 1. The summed E-state index contributed by atoms with van der Waals surface area (Å²) in [4.78, 5) is 25.2. The predicted molar refractivity (Wildman–Crippen MR) is 119 cm³/mol. The van der Waals surface area contributed by atoms with Gasteiger partial charge in [0.25, 0.3) is 0 Å². The zero-order valence-corrected chi connectivity index (χ0v) is 18.3. The molecule has 2 atom stereocenters. The minimum Gasteiger partial charge on any atom is -0.469 e. The highest BCUT2D eigenvalue weighted by atomic mass is 16.5. The molecule has 1 fully saturated rings. The molecule has 5 nitrogen and oxygen atoms in total. The number of rotatable bonds is 14. The SMILES string of the molecule is COC(=O)CCCCCCN1C(=O)CC[C@@H]1/C=C/[C@@H](O)CCCCc1ccccc1. The van der Waals surface area contributed by atoms with Crippen molar-refractivity contribution in [2.45, 2.75) is 82.8 Å². The zero-order valence-electron chi connectivity index (χ0n) is 18.3. The summed E-state index contributed by atoms with van der Waals surface area (Å²) in [6, 6.07) is 10.5. The average molecular weight is 416 g/mol. The van der Waals surface area contributed by atoms with Gasteiger partial charge in [-0.15, -0.1) is 0 Å². The van der Waals surface area contributed by atoms with Gasteiger partial charge in [-0.25, -0.2) is 0 Å². The average Bonchev–Trinajstić information content (AvgIpc) is 3.12. The summed E-state index contributed by atoms with van der Waals surface area (Å²) in [5.41, 5.74) is 1.34. The third-order valence-electron chi connectivity index (χ3n) is 5.75. The number of aliphatic hydroxyl groups is 1. The third-order valence-corrected chi connectivity index (χ3v) is 5.75. The number of unbranched alkanes of at least 4 members (excludes halogenated alkanes) is 4.